The molecule has 1 saturated heterocycles. The molecular formula is C19H22N4O4. The van der Waals surface area contributed by atoms with Crippen molar-refractivity contribution >= 4 is 17.5 Å². The molecule has 0 aliphatic carbocycles. The molecular weight excluding hydrogens is 348 g/mol. The summed E-state index contributed by atoms with van der Waals surface area (Å²) in [6.07, 6.45) is 1.39. The number of rotatable bonds is 5. The number of carbonyl (C=O) groups excluding carboxylic acids is 2. The van der Waals surface area contributed by atoms with Crippen molar-refractivity contribution in [2.24, 2.45) is 0 Å². The first-order valence-electron chi connectivity index (χ1n) is 8.65. The Kier molecular flexibility index (Phi) is 5.68. The minimum Gasteiger partial charge on any atom is -0.457 e. The van der Waals surface area contributed by atoms with Crippen molar-refractivity contribution in [2.75, 3.05) is 18.9 Å². The summed E-state index contributed by atoms with van der Waals surface area (Å²) in [7, 11) is 1.53. The predicted octanol–water partition coefficient (Wildman–Crippen LogP) is 1.20. The van der Waals surface area contributed by atoms with Crippen LogP contribution in [0.5, 0.6) is 11.5 Å². The Labute approximate surface area is 157 Å². The number of carbonyl (C=O) groups is 2. The Morgan fingerprint density at radius 2 is 2.11 bits per heavy atom. The predicted molar refractivity (Wildman–Crippen MR) is 99.9 cm³/mol. The van der Waals surface area contributed by atoms with Crippen molar-refractivity contribution in [1.82, 2.24) is 15.6 Å². The quantitative estimate of drug-likeness (QED) is 0.629. The molecule has 2 amide bonds. The van der Waals surface area contributed by atoms with Crippen LogP contribution >= 0.6 is 0 Å². The van der Waals surface area contributed by atoms with Crippen LogP contribution in [-0.4, -0.2) is 47.6 Å². The molecule has 4 N–H and O–H groups in total. The molecule has 2 aromatic rings. The van der Waals surface area contributed by atoms with Gasteiger partial charge in [0.1, 0.15) is 17.2 Å². The van der Waals surface area contributed by atoms with E-state index in [-0.39, 0.29) is 17.5 Å². The number of aliphatic hydroxyl groups is 1. The van der Waals surface area contributed by atoms with Crippen molar-refractivity contribution in [1.29, 1.82) is 0 Å². The summed E-state index contributed by atoms with van der Waals surface area (Å²) in [4.78, 5) is 28.0. The summed E-state index contributed by atoms with van der Waals surface area (Å²) in [5.41, 5.74) is 1.72. The molecule has 2 atom stereocenters. The van der Waals surface area contributed by atoms with Crippen molar-refractivity contribution in [2.45, 2.75) is 25.5 Å². The lowest BCUT2D eigenvalue weighted by atomic mass is 10.1. The molecule has 0 spiro atoms. The highest BCUT2D eigenvalue weighted by molar-refractivity contribution is 5.95. The van der Waals surface area contributed by atoms with Gasteiger partial charge in [-0.05, 0) is 31.0 Å². The van der Waals surface area contributed by atoms with Crippen molar-refractivity contribution in [3.63, 3.8) is 0 Å². The lowest BCUT2D eigenvalue weighted by molar-refractivity contribution is -0.117. The van der Waals surface area contributed by atoms with Gasteiger partial charge in [-0.2, -0.15) is 0 Å². The second-order valence-corrected chi connectivity index (χ2v) is 6.38. The smallest absolute Gasteiger partial charge is 0.269 e. The van der Waals surface area contributed by atoms with Crippen LogP contribution < -0.4 is 20.7 Å². The number of aryl methyl sites for hydroxylation is 1. The summed E-state index contributed by atoms with van der Waals surface area (Å²) in [6.45, 7) is 2.30. The largest absolute Gasteiger partial charge is 0.457 e. The van der Waals surface area contributed by atoms with Crippen molar-refractivity contribution in [3.05, 3.63) is 47.8 Å². The molecule has 1 aliphatic heterocycles. The normalized spacial score (nSPS) is 18.8. The van der Waals surface area contributed by atoms with Gasteiger partial charge in [0.25, 0.3) is 5.91 Å². The van der Waals surface area contributed by atoms with E-state index in [1.54, 1.807) is 24.3 Å². The molecule has 1 aliphatic rings. The highest BCUT2D eigenvalue weighted by Crippen LogP contribution is 2.28. The monoisotopic (exact) mass is 370 g/mol. The van der Waals surface area contributed by atoms with Crippen LogP contribution in [0.2, 0.25) is 0 Å². The number of pyridine rings is 1. The summed E-state index contributed by atoms with van der Waals surface area (Å²) >= 11 is 0. The van der Waals surface area contributed by atoms with E-state index in [0.29, 0.717) is 30.2 Å². The fraction of sp³-hybridized carbons (Fsp3) is 0.316. The average molecular weight is 370 g/mol. The Morgan fingerprint density at radius 3 is 2.81 bits per heavy atom. The first kappa shape index (κ1) is 18.8. The summed E-state index contributed by atoms with van der Waals surface area (Å²) in [5.74, 6) is 0.522. The van der Waals surface area contributed by atoms with E-state index in [1.807, 2.05) is 13.0 Å². The number of benzene rings is 1. The number of hydrogen-bond donors (Lipinski definition) is 4. The van der Waals surface area contributed by atoms with E-state index in [2.05, 4.69) is 20.9 Å². The third kappa shape index (κ3) is 4.60. The average Bonchev–Trinajstić information content (AvgIpc) is 3.10. The third-order valence-corrected chi connectivity index (χ3v) is 4.30. The van der Waals surface area contributed by atoms with E-state index in [1.165, 1.54) is 13.2 Å². The van der Waals surface area contributed by atoms with Crippen LogP contribution in [0, 0.1) is 6.92 Å². The van der Waals surface area contributed by atoms with Crippen LogP contribution in [0.1, 0.15) is 22.5 Å². The van der Waals surface area contributed by atoms with E-state index < -0.39 is 12.1 Å². The molecule has 0 saturated carbocycles. The second kappa shape index (κ2) is 8.15. The zero-order valence-corrected chi connectivity index (χ0v) is 15.2. The zero-order valence-electron chi connectivity index (χ0n) is 15.2. The molecule has 0 radical (unpaired) electrons. The number of aliphatic hydroxyl groups excluding tert-OH is 1. The summed E-state index contributed by atoms with van der Waals surface area (Å²) < 4.78 is 5.88. The molecule has 142 valence electrons. The maximum atomic E-state index is 12.3. The van der Waals surface area contributed by atoms with Gasteiger partial charge in [0.15, 0.2) is 0 Å². The van der Waals surface area contributed by atoms with Crippen molar-refractivity contribution in [3.8, 4) is 11.5 Å². The molecule has 8 heteroatoms. The fourth-order valence-corrected chi connectivity index (χ4v) is 2.79. The van der Waals surface area contributed by atoms with E-state index in [9.17, 15) is 14.7 Å². The standard InChI is InChI=1S/C19H22N4O4/c1-11-3-4-12(23-19(26)15-8-13(24)10-22-15)7-17(11)27-14-5-6-21-16(9-14)18(25)20-2/h3-7,9,13,15,22,24H,8,10H2,1-2H3,(H,20,25)(H,23,26). The van der Waals surface area contributed by atoms with Gasteiger partial charge in [-0.1, -0.05) is 6.07 Å². The van der Waals surface area contributed by atoms with Crippen molar-refractivity contribution < 1.29 is 19.4 Å². The van der Waals surface area contributed by atoms with Gasteiger partial charge in [0, 0.05) is 37.6 Å². The maximum absolute atomic E-state index is 12.3. The maximum Gasteiger partial charge on any atom is 0.269 e. The number of nitrogens with zero attached hydrogens (tertiary/aromatic N) is 1. The fourth-order valence-electron chi connectivity index (χ4n) is 2.79. The third-order valence-electron chi connectivity index (χ3n) is 4.30. The molecule has 0 bridgehead atoms. The zero-order chi connectivity index (χ0) is 19.4. The van der Waals surface area contributed by atoms with Crippen LogP contribution in [0.4, 0.5) is 5.69 Å². The lowest BCUT2D eigenvalue weighted by Gasteiger charge is -2.14. The Bertz CT molecular complexity index is 855. The van der Waals surface area contributed by atoms with Gasteiger partial charge in [-0.25, -0.2) is 0 Å². The highest BCUT2D eigenvalue weighted by atomic mass is 16.5. The lowest BCUT2D eigenvalue weighted by Crippen LogP contribution is -2.35. The van der Waals surface area contributed by atoms with Gasteiger partial charge < -0.3 is 25.8 Å². The molecule has 2 heterocycles. The van der Waals surface area contributed by atoms with Gasteiger partial charge in [0.05, 0.1) is 12.1 Å². The van der Waals surface area contributed by atoms with Gasteiger partial charge >= 0.3 is 0 Å². The Hall–Kier alpha value is -2.97. The van der Waals surface area contributed by atoms with Crippen LogP contribution in [-0.2, 0) is 4.79 Å². The van der Waals surface area contributed by atoms with Gasteiger partial charge in [0.2, 0.25) is 5.91 Å². The first-order valence-corrected chi connectivity index (χ1v) is 8.65. The van der Waals surface area contributed by atoms with E-state index in [0.717, 1.165) is 5.56 Å². The Morgan fingerprint density at radius 1 is 1.30 bits per heavy atom. The minimum atomic E-state index is -0.501. The number of ether oxygens (including phenoxy) is 1. The summed E-state index contributed by atoms with van der Waals surface area (Å²) in [6, 6.07) is 8.13. The number of aromatic nitrogens is 1. The number of hydrogen-bond acceptors (Lipinski definition) is 6. The SMILES string of the molecule is CNC(=O)c1cc(Oc2cc(NC(=O)C3CC(O)CN3)ccc2C)ccn1. The topological polar surface area (TPSA) is 113 Å². The van der Waals surface area contributed by atoms with Gasteiger partial charge in [-0.3, -0.25) is 14.6 Å². The number of anilines is 1. The number of β-amino-alcohol motifs (C(OH)–C–C–N with tert-alkyl or cyclic N) is 1. The van der Waals surface area contributed by atoms with E-state index >= 15 is 0 Å². The molecule has 3 rings (SSSR count). The highest BCUT2D eigenvalue weighted by Gasteiger charge is 2.28. The number of amides is 2. The molecule has 1 fully saturated rings. The van der Waals surface area contributed by atoms with Gasteiger partial charge in [-0.15, -0.1) is 0 Å². The van der Waals surface area contributed by atoms with Crippen LogP contribution in [0.15, 0.2) is 36.5 Å². The molecule has 1 aromatic heterocycles. The molecule has 27 heavy (non-hydrogen) atoms. The summed E-state index contributed by atoms with van der Waals surface area (Å²) in [5, 5.41) is 17.9. The number of nitrogens with one attached hydrogen (secondary N) is 3. The first-order chi connectivity index (χ1) is 13.0. The van der Waals surface area contributed by atoms with Crippen LogP contribution in [0.3, 0.4) is 0 Å². The minimum absolute atomic E-state index is 0.202. The second-order valence-electron chi connectivity index (χ2n) is 6.38. The molecule has 8 nitrogen and oxygen atoms in total. The Balaban J connectivity index is 1.74. The molecule has 1 aromatic carbocycles. The molecule has 2 unspecified atom stereocenters. The van der Waals surface area contributed by atoms with Crippen LogP contribution in [0.25, 0.3) is 0 Å². The van der Waals surface area contributed by atoms with E-state index in [4.69, 9.17) is 4.74 Å².